The molecule has 2 aromatic rings. The zero-order valence-corrected chi connectivity index (χ0v) is 11.3. The van der Waals surface area contributed by atoms with Crippen LogP contribution in [-0.2, 0) is 10.0 Å². The van der Waals surface area contributed by atoms with Gasteiger partial charge in [0.2, 0.25) is 10.0 Å². The second-order valence-corrected chi connectivity index (χ2v) is 5.94. The number of anilines is 3. The molecule has 0 unspecified atom stereocenters. The largest absolute Gasteiger partial charge is 0.340 e. The molecule has 100 valence electrons. The van der Waals surface area contributed by atoms with Gasteiger partial charge in [-0.3, -0.25) is 4.72 Å². The summed E-state index contributed by atoms with van der Waals surface area (Å²) in [5.41, 5.74) is 1.39. The number of rotatable bonds is 5. The van der Waals surface area contributed by atoms with Gasteiger partial charge in [-0.15, -0.1) is 0 Å². The Bertz CT molecular complexity index is 625. The minimum atomic E-state index is -3.25. The first kappa shape index (κ1) is 13.4. The average molecular weight is 277 g/mol. The van der Waals surface area contributed by atoms with Crippen LogP contribution in [0, 0.1) is 0 Å². The minimum absolute atomic E-state index is 0.0387. The maximum Gasteiger partial charge on any atom is 0.232 e. The Labute approximate surface area is 112 Å². The smallest absolute Gasteiger partial charge is 0.232 e. The fourth-order valence-electron chi connectivity index (χ4n) is 1.45. The van der Waals surface area contributed by atoms with Gasteiger partial charge in [0.1, 0.15) is 5.82 Å². The van der Waals surface area contributed by atoms with Crippen LogP contribution in [0.25, 0.3) is 0 Å². The second-order valence-electron chi connectivity index (χ2n) is 3.93. The lowest BCUT2D eigenvalue weighted by molar-refractivity contribution is 0.602. The molecule has 0 radical (unpaired) electrons. The van der Waals surface area contributed by atoms with Crippen molar-refractivity contribution in [2.45, 2.75) is 6.92 Å². The Hall–Kier alpha value is -2.08. The van der Waals surface area contributed by atoms with Crippen LogP contribution in [0.15, 0.2) is 48.7 Å². The molecule has 5 nitrogen and oxygen atoms in total. The second kappa shape index (κ2) is 5.71. The van der Waals surface area contributed by atoms with Crippen molar-refractivity contribution in [1.29, 1.82) is 0 Å². The molecule has 1 heterocycles. The van der Waals surface area contributed by atoms with Crippen molar-refractivity contribution in [1.82, 2.24) is 4.98 Å². The topological polar surface area (TPSA) is 71.1 Å². The molecule has 19 heavy (non-hydrogen) atoms. The molecule has 2 rings (SSSR count). The first-order chi connectivity index (χ1) is 9.09. The molecule has 0 amide bonds. The number of nitrogens with zero attached hydrogens (tertiary/aromatic N) is 1. The van der Waals surface area contributed by atoms with Gasteiger partial charge in [0, 0.05) is 5.69 Å². The van der Waals surface area contributed by atoms with E-state index in [9.17, 15) is 8.42 Å². The van der Waals surface area contributed by atoms with Gasteiger partial charge in [-0.25, -0.2) is 13.4 Å². The summed E-state index contributed by atoms with van der Waals surface area (Å²) in [6.45, 7) is 1.58. The number of hydrogen-bond donors (Lipinski definition) is 2. The van der Waals surface area contributed by atoms with Crippen LogP contribution in [0.3, 0.4) is 0 Å². The predicted octanol–water partition coefficient (Wildman–Crippen LogP) is 2.59. The highest BCUT2D eigenvalue weighted by atomic mass is 32.2. The Morgan fingerprint density at radius 1 is 1.05 bits per heavy atom. The Morgan fingerprint density at radius 2 is 1.79 bits per heavy atom. The van der Waals surface area contributed by atoms with Gasteiger partial charge >= 0.3 is 0 Å². The van der Waals surface area contributed by atoms with E-state index in [0.717, 1.165) is 5.69 Å². The molecular formula is C13H15N3O2S. The van der Waals surface area contributed by atoms with Crippen LogP contribution in [0.1, 0.15) is 6.92 Å². The van der Waals surface area contributed by atoms with Crippen molar-refractivity contribution >= 4 is 27.2 Å². The zero-order valence-electron chi connectivity index (χ0n) is 10.5. The fourth-order valence-corrected chi connectivity index (χ4v) is 2.07. The summed E-state index contributed by atoms with van der Waals surface area (Å²) in [4.78, 5) is 4.15. The predicted molar refractivity (Wildman–Crippen MR) is 77.0 cm³/mol. The number of benzene rings is 1. The summed E-state index contributed by atoms with van der Waals surface area (Å²) in [5, 5.41) is 3.12. The van der Waals surface area contributed by atoms with E-state index in [1.165, 1.54) is 6.20 Å². The van der Waals surface area contributed by atoms with Crippen LogP contribution in [0.2, 0.25) is 0 Å². The quantitative estimate of drug-likeness (QED) is 0.881. The Balaban J connectivity index is 2.07. The van der Waals surface area contributed by atoms with Gasteiger partial charge in [0.15, 0.2) is 0 Å². The van der Waals surface area contributed by atoms with Crippen molar-refractivity contribution in [2.24, 2.45) is 0 Å². The van der Waals surface area contributed by atoms with Gasteiger partial charge in [-0.1, -0.05) is 18.2 Å². The number of pyridine rings is 1. The van der Waals surface area contributed by atoms with Crippen molar-refractivity contribution < 1.29 is 8.42 Å². The van der Waals surface area contributed by atoms with Crippen molar-refractivity contribution in [3.8, 4) is 0 Å². The van der Waals surface area contributed by atoms with Gasteiger partial charge < -0.3 is 5.32 Å². The average Bonchev–Trinajstić information content (AvgIpc) is 2.42. The molecule has 0 bridgehead atoms. The molecule has 0 spiro atoms. The SMILES string of the molecule is CCS(=O)(=O)Nc1ccc(Nc2ccccc2)nc1. The molecule has 2 N–H and O–H groups in total. The third-order valence-corrected chi connectivity index (χ3v) is 3.77. The summed E-state index contributed by atoms with van der Waals surface area (Å²) in [6, 6.07) is 13.0. The molecule has 1 aromatic carbocycles. The molecule has 0 saturated heterocycles. The first-order valence-electron chi connectivity index (χ1n) is 5.88. The van der Waals surface area contributed by atoms with Crippen LogP contribution in [0.5, 0.6) is 0 Å². The molecule has 6 heteroatoms. The molecule has 0 fully saturated rings. The highest BCUT2D eigenvalue weighted by Crippen LogP contribution is 2.16. The highest BCUT2D eigenvalue weighted by molar-refractivity contribution is 7.92. The van der Waals surface area contributed by atoms with E-state index >= 15 is 0 Å². The summed E-state index contributed by atoms with van der Waals surface area (Å²) in [7, 11) is -3.25. The minimum Gasteiger partial charge on any atom is -0.340 e. The van der Waals surface area contributed by atoms with Crippen LogP contribution < -0.4 is 10.0 Å². The Morgan fingerprint density at radius 3 is 2.37 bits per heavy atom. The molecule has 0 saturated carbocycles. The van der Waals surface area contributed by atoms with Gasteiger partial charge in [0.05, 0.1) is 17.6 Å². The normalized spacial score (nSPS) is 11.0. The number of para-hydroxylation sites is 1. The van der Waals surface area contributed by atoms with E-state index in [1.54, 1.807) is 19.1 Å². The van der Waals surface area contributed by atoms with Crippen LogP contribution in [0.4, 0.5) is 17.2 Å². The van der Waals surface area contributed by atoms with Crippen molar-refractivity contribution in [2.75, 3.05) is 15.8 Å². The van der Waals surface area contributed by atoms with E-state index in [4.69, 9.17) is 0 Å². The molecule has 0 aliphatic heterocycles. The molecule has 1 aromatic heterocycles. The van der Waals surface area contributed by atoms with Crippen LogP contribution in [-0.4, -0.2) is 19.2 Å². The zero-order chi connectivity index (χ0) is 13.7. The fraction of sp³-hybridized carbons (Fsp3) is 0.154. The summed E-state index contributed by atoms with van der Waals surface area (Å²) in [5.74, 6) is 0.697. The molecule has 0 aliphatic carbocycles. The maximum atomic E-state index is 11.4. The number of nitrogens with one attached hydrogen (secondary N) is 2. The van der Waals surface area contributed by atoms with Gasteiger partial charge in [0.25, 0.3) is 0 Å². The monoisotopic (exact) mass is 277 g/mol. The number of aromatic nitrogens is 1. The van der Waals surface area contributed by atoms with E-state index < -0.39 is 10.0 Å². The third kappa shape index (κ3) is 3.96. The number of hydrogen-bond acceptors (Lipinski definition) is 4. The standard InChI is InChI=1S/C13H15N3O2S/c1-2-19(17,18)16-12-8-9-13(14-10-12)15-11-6-4-3-5-7-11/h3-10,16H,2H2,1H3,(H,14,15). The van der Waals surface area contributed by atoms with E-state index in [1.807, 2.05) is 30.3 Å². The van der Waals surface area contributed by atoms with Crippen molar-refractivity contribution in [3.63, 3.8) is 0 Å². The summed E-state index contributed by atoms with van der Waals surface area (Å²) >= 11 is 0. The van der Waals surface area contributed by atoms with Crippen molar-refractivity contribution in [3.05, 3.63) is 48.7 Å². The molecular weight excluding hydrogens is 262 g/mol. The maximum absolute atomic E-state index is 11.4. The number of sulfonamides is 1. The lowest BCUT2D eigenvalue weighted by Gasteiger charge is -2.08. The van der Waals surface area contributed by atoms with Crippen LogP contribution >= 0.6 is 0 Å². The third-order valence-electron chi connectivity index (χ3n) is 2.46. The first-order valence-corrected chi connectivity index (χ1v) is 7.53. The van der Waals surface area contributed by atoms with E-state index in [0.29, 0.717) is 11.5 Å². The highest BCUT2D eigenvalue weighted by Gasteiger charge is 2.06. The molecule has 0 atom stereocenters. The van der Waals surface area contributed by atoms with Gasteiger partial charge in [-0.2, -0.15) is 0 Å². The van der Waals surface area contributed by atoms with E-state index in [2.05, 4.69) is 15.0 Å². The van der Waals surface area contributed by atoms with E-state index in [-0.39, 0.29) is 5.75 Å². The lowest BCUT2D eigenvalue weighted by Crippen LogP contribution is -2.14. The van der Waals surface area contributed by atoms with Gasteiger partial charge in [-0.05, 0) is 31.2 Å². The summed E-state index contributed by atoms with van der Waals surface area (Å²) in [6.07, 6.45) is 1.48. The summed E-state index contributed by atoms with van der Waals surface area (Å²) < 4.78 is 25.2. The lowest BCUT2D eigenvalue weighted by atomic mass is 10.3. The molecule has 0 aliphatic rings. The Kier molecular flexibility index (Phi) is 4.01.